The average molecular weight is 435 g/mol. The Morgan fingerprint density at radius 1 is 1.09 bits per heavy atom. The second-order valence-electron chi connectivity index (χ2n) is 8.61. The number of hydrogen-bond donors (Lipinski definition) is 2. The molecule has 2 aromatic carbocycles. The molecule has 166 valence electrons. The third kappa shape index (κ3) is 3.77. The minimum Gasteiger partial charge on any atom is -0.454 e. The van der Waals surface area contributed by atoms with Crippen molar-refractivity contribution in [1.29, 1.82) is 0 Å². The van der Waals surface area contributed by atoms with Gasteiger partial charge in [-0.15, -0.1) is 0 Å². The molecule has 32 heavy (non-hydrogen) atoms. The molecule has 1 fully saturated rings. The van der Waals surface area contributed by atoms with Crippen LogP contribution in [-0.2, 0) is 6.54 Å². The molecule has 8 heteroatoms. The van der Waals surface area contributed by atoms with Crippen LogP contribution in [0.3, 0.4) is 0 Å². The molecule has 3 aromatic rings. The number of nitrogens with one attached hydrogen (secondary N) is 2. The monoisotopic (exact) mass is 435 g/mol. The van der Waals surface area contributed by atoms with Crippen LogP contribution in [0.15, 0.2) is 46.0 Å². The molecule has 2 aliphatic rings. The van der Waals surface area contributed by atoms with E-state index in [2.05, 4.69) is 17.2 Å². The number of amides is 1. The van der Waals surface area contributed by atoms with Gasteiger partial charge in [0, 0.05) is 11.6 Å². The number of aromatic amines is 1. The summed E-state index contributed by atoms with van der Waals surface area (Å²) in [4.78, 5) is 41.2. The highest BCUT2D eigenvalue weighted by Gasteiger charge is 2.23. The first-order valence-corrected chi connectivity index (χ1v) is 11.0. The van der Waals surface area contributed by atoms with Crippen molar-refractivity contribution in [2.24, 2.45) is 5.92 Å². The van der Waals surface area contributed by atoms with Crippen LogP contribution in [0.2, 0.25) is 0 Å². The van der Waals surface area contributed by atoms with Gasteiger partial charge in [0.1, 0.15) is 0 Å². The number of ether oxygens (including phenoxy) is 2. The standard InChI is InChI=1S/C24H25N3O5/c1-14-4-2-3-5-18(14)25-22(28)16-7-8-17-19(11-16)26-24(30)27(23(17)29)12-15-6-9-20-21(10-15)32-13-31-20/h6-11,14,18H,2-5,12-13H2,1H3,(H,25,28)(H,26,30)/t14-,18-/m1/s1. The highest BCUT2D eigenvalue weighted by atomic mass is 16.7. The Labute approximate surface area is 184 Å². The molecule has 2 heterocycles. The average Bonchev–Trinajstić information content (AvgIpc) is 3.25. The van der Waals surface area contributed by atoms with Gasteiger partial charge in [-0.2, -0.15) is 0 Å². The quantitative estimate of drug-likeness (QED) is 0.656. The van der Waals surface area contributed by atoms with Crippen LogP contribution in [0.4, 0.5) is 0 Å². The van der Waals surface area contributed by atoms with Crippen LogP contribution in [0.1, 0.15) is 48.5 Å². The smallest absolute Gasteiger partial charge is 0.329 e. The van der Waals surface area contributed by atoms with Gasteiger partial charge in [-0.25, -0.2) is 4.79 Å². The van der Waals surface area contributed by atoms with Gasteiger partial charge in [0.15, 0.2) is 11.5 Å². The Balaban J connectivity index is 1.42. The van der Waals surface area contributed by atoms with Gasteiger partial charge in [-0.3, -0.25) is 14.2 Å². The summed E-state index contributed by atoms with van der Waals surface area (Å²) in [5, 5.41) is 3.46. The van der Waals surface area contributed by atoms with Gasteiger partial charge in [-0.05, 0) is 54.7 Å². The third-order valence-corrected chi connectivity index (χ3v) is 6.45. The second kappa shape index (κ2) is 8.18. The van der Waals surface area contributed by atoms with Gasteiger partial charge >= 0.3 is 5.69 Å². The van der Waals surface area contributed by atoms with Crippen molar-refractivity contribution in [2.75, 3.05) is 6.79 Å². The summed E-state index contributed by atoms with van der Waals surface area (Å²) in [6.07, 6.45) is 4.40. The van der Waals surface area contributed by atoms with E-state index in [1.807, 2.05) is 0 Å². The highest BCUT2D eigenvalue weighted by Crippen LogP contribution is 2.32. The Hall–Kier alpha value is -3.55. The maximum absolute atomic E-state index is 13.0. The molecule has 2 N–H and O–H groups in total. The molecule has 1 aromatic heterocycles. The number of carbonyl (C=O) groups is 1. The predicted octanol–water partition coefficient (Wildman–Crippen LogP) is 2.78. The molecule has 5 rings (SSSR count). The SMILES string of the molecule is C[C@@H]1CCCC[C@H]1NC(=O)c1ccc2c(=O)n(Cc3ccc4c(c3)OCO4)c(=O)[nH]c2c1. The van der Waals surface area contributed by atoms with Crippen molar-refractivity contribution in [1.82, 2.24) is 14.9 Å². The van der Waals surface area contributed by atoms with Crippen molar-refractivity contribution in [3.63, 3.8) is 0 Å². The zero-order valence-corrected chi connectivity index (χ0v) is 17.8. The number of H-pyrrole nitrogens is 1. The van der Waals surface area contributed by atoms with E-state index in [1.54, 1.807) is 36.4 Å². The lowest BCUT2D eigenvalue weighted by molar-refractivity contribution is 0.0910. The largest absolute Gasteiger partial charge is 0.454 e. The summed E-state index contributed by atoms with van der Waals surface area (Å²) >= 11 is 0. The topological polar surface area (TPSA) is 102 Å². The summed E-state index contributed by atoms with van der Waals surface area (Å²) in [5.41, 5.74) is 0.594. The van der Waals surface area contributed by atoms with E-state index in [0.717, 1.165) is 29.4 Å². The van der Waals surface area contributed by atoms with Crippen LogP contribution >= 0.6 is 0 Å². The Morgan fingerprint density at radius 3 is 2.75 bits per heavy atom. The van der Waals surface area contributed by atoms with Crippen molar-refractivity contribution >= 4 is 16.8 Å². The van der Waals surface area contributed by atoms with Crippen LogP contribution in [0.5, 0.6) is 11.5 Å². The molecule has 1 amide bonds. The fourth-order valence-electron chi connectivity index (χ4n) is 4.54. The fraction of sp³-hybridized carbons (Fsp3) is 0.375. The van der Waals surface area contributed by atoms with Crippen molar-refractivity contribution in [3.05, 3.63) is 68.4 Å². The minimum atomic E-state index is -0.529. The zero-order valence-electron chi connectivity index (χ0n) is 17.8. The maximum Gasteiger partial charge on any atom is 0.329 e. The number of benzene rings is 2. The van der Waals surface area contributed by atoms with Gasteiger partial charge in [0.05, 0.1) is 17.4 Å². The summed E-state index contributed by atoms with van der Waals surface area (Å²) in [6, 6.07) is 10.3. The lowest BCUT2D eigenvalue weighted by Crippen LogP contribution is -2.41. The normalized spacial score (nSPS) is 19.8. The van der Waals surface area contributed by atoms with Crippen molar-refractivity contribution in [2.45, 2.75) is 45.2 Å². The van der Waals surface area contributed by atoms with Crippen LogP contribution < -0.4 is 26.0 Å². The predicted molar refractivity (Wildman–Crippen MR) is 119 cm³/mol. The molecule has 0 spiro atoms. The lowest BCUT2D eigenvalue weighted by atomic mass is 9.86. The van der Waals surface area contributed by atoms with Crippen LogP contribution in [0.25, 0.3) is 10.9 Å². The molecule has 1 aliphatic carbocycles. The highest BCUT2D eigenvalue weighted by molar-refractivity contribution is 5.97. The van der Waals surface area contributed by atoms with Gasteiger partial charge in [0.25, 0.3) is 11.5 Å². The van der Waals surface area contributed by atoms with E-state index < -0.39 is 11.2 Å². The number of fused-ring (bicyclic) bond motifs is 2. The fourth-order valence-corrected chi connectivity index (χ4v) is 4.54. The van der Waals surface area contributed by atoms with E-state index in [1.165, 1.54) is 6.42 Å². The number of rotatable bonds is 4. The molecule has 0 unspecified atom stereocenters. The second-order valence-corrected chi connectivity index (χ2v) is 8.61. The van der Waals surface area contributed by atoms with Crippen molar-refractivity contribution in [3.8, 4) is 11.5 Å². The Kier molecular flexibility index (Phi) is 5.20. The van der Waals surface area contributed by atoms with E-state index in [-0.39, 0.29) is 25.3 Å². The van der Waals surface area contributed by atoms with Crippen molar-refractivity contribution < 1.29 is 14.3 Å². The van der Waals surface area contributed by atoms with E-state index in [0.29, 0.717) is 33.9 Å². The molecule has 1 aliphatic heterocycles. The molecule has 0 saturated heterocycles. The Bertz CT molecular complexity index is 1310. The third-order valence-electron chi connectivity index (χ3n) is 6.45. The van der Waals surface area contributed by atoms with Crippen LogP contribution in [-0.4, -0.2) is 28.3 Å². The molecule has 0 radical (unpaired) electrons. The first-order valence-electron chi connectivity index (χ1n) is 11.0. The minimum absolute atomic E-state index is 0.0998. The number of carbonyl (C=O) groups excluding carboxylic acids is 1. The first-order chi connectivity index (χ1) is 15.5. The van der Waals surface area contributed by atoms with E-state index in [4.69, 9.17) is 9.47 Å². The summed E-state index contributed by atoms with van der Waals surface area (Å²) in [7, 11) is 0. The molecule has 1 saturated carbocycles. The molecule has 8 nitrogen and oxygen atoms in total. The van der Waals surface area contributed by atoms with Gasteiger partial charge in [-0.1, -0.05) is 25.8 Å². The van der Waals surface area contributed by atoms with E-state index >= 15 is 0 Å². The Morgan fingerprint density at radius 2 is 1.91 bits per heavy atom. The van der Waals surface area contributed by atoms with Gasteiger partial charge in [0.2, 0.25) is 6.79 Å². The first kappa shape index (κ1) is 20.4. The number of hydrogen-bond acceptors (Lipinski definition) is 5. The summed E-state index contributed by atoms with van der Waals surface area (Å²) in [5.74, 6) is 1.49. The molecule has 2 atom stereocenters. The number of nitrogens with zero attached hydrogens (tertiary/aromatic N) is 1. The summed E-state index contributed by atoms with van der Waals surface area (Å²) in [6.45, 7) is 2.41. The maximum atomic E-state index is 13.0. The van der Waals surface area contributed by atoms with Crippen LogP contribution in [0, 0.1) is 5.92 Å². The molecular formula is C24H25N3O5. The summed E-state index contributed by atoms with van der Waals surface area (Å²) < 4.78 is 11.8. The lowest BCUT2D eigenvalue weighted by Gasteiger charge is -2.29. The molecular weight excluding hydrogens is 410 g/mol. The van der Waals surface area contributed by atoms with Gasteiger partial charge < -0.3 is 19.8 Å². The van der Waals surface area contributed by atoms with E-state index in [9.17, 15) is 14.4 Å². The zero-order chi connectivity index (χ0) is 22.2. The molecule has 0 bridgehead atoms. The number of aromatic nitrogens is 2.